The van der Waals surface area contributed by atoms with Crippen molar-refractivity contribution in [3.8, 4) is 0 Å². The molecule has 5 heteroatoms. The van der Waals surface area contributed by atoms with Crippen molar-refractivity contribution in [3.63, 3.8) is 0 Å². The van der Waals surface area contributed by atoms with Crippen LogP contribution in [0.4, 0.5) is 0 Å². The van der Waals surface area contributed by atoms with Gasteiger partial charge in [0.25, 0.3) is 0 Å². The van der Waals surface area contributed by atoms with Crippen molar-refractivity contribution in [1.29, 1.82) is 0 Å². The zero-order valence-corrected chi connectivity index (χ0v) is 3.90. The minimum atomic E-state index is -3.58. The van der Waals surface area contributed by atoms with E-state index >= 15 is 0 Å². The van der Waals surface area contributed by atoms with E-state index in [0.29, 0.717) is 0 Å². The molecule has 0 aliphatic carbocycles. The Labute approximate surface area is 77.0 Å². The Balaban J connectivity index is 0. The van der Waals surface area contributed by atoms with Gasteiger partial charge in [-0.15, -0.1) is 0 Å². The van der Waals surface area contributed by atoms with Gasteiger partial charge in [0, 0.05) is 0 Å². The molecule has 5 heavy (non-hydrogen) atoms. The Bertz CT molecular complexity index is 29.9. The Morgan fingerprint density at radius 1 is 1.40 bits per heavy atom. The normalized spacial score (nSPS) is 7.00. The third-order valence-corrected chi connectivity index (χ3v) is 0. The summed E-state index contributed by atoms with van der Waals surface area (Å²) in [6.07, 6.45) is 0. The molecule has 0 amide bonds. The van der Waals surface area contributed by atoms with E-state index in [-0.39, 0.29) is 51.4 Å². The van der Waals surface area contributed by atoms with Crippen molar-refractivity contribution < 1.29 is 11.9 Å². The summed E-state index contributed by atoms with van der Waals surface area (Å²) in [6.45, 7) is 0. The van der Waals surface area contributed by atoms with E-state index in [1.165, 1.54) is 0 Å². The van der Waals surface area contributed by atoms with Crippen molar-refractivity contribution in [3.05, 3.63) is 0 Å². The summed E-state index contributed by atoms with van der Waals surface area (Å²) in [5.41, 5.74) is 0. The Hall–Kier alpha value is 1.91. The molecule has 3 nitrogen and oxygen atoms in total. The third-order valence-electron chi connectivity index (χ3n) is 0. The fraction of sp³-hybridized carbons (Fsp3) is 0. The van der Waals surface area contributed by atoms with Gasteiger partial charge in [0.15, 0.2) is 0 Å². The van der Waals surface area contributed by atoms with Gasteiger partial charge in [-0.2, -0.15) is 0 Å². The number of hydrogen-bond acceptors (Lipinski definition) is 1. The van der Waals surface area contributed by atoms with Crippen LogP contribution in [0.2, 0.25) is 0 Å². The van der Waals surface area contributed by atoms with Crippen LogP contribution in [-0.4, -0.2) is 74.8 Å². The molecule has 0 heterocycles. The second-order valence-electron chi connectivity index (χ2n) is 0.283. The zero-order chi connectivity index (χ0) is 3.58. The molecule has 0 radical (unpaired) electrons. The first-order chi connectivity index (χ1) is 1.73. The van der Waals surface area contributed by atoms with Crippen LogP contribution in [0.5, 0.6) is 0 Å². The van der Waals surface area contributed by atoms with Gasteiger partial charge in [-0.05, 0) is 0 Å². The van der Waals surface area contributed by atoms with Gasteiger partial charge in [0.05, 0.1) is 0 Å². The summed E-state index contributed by atoms with van der Waals surface area (Å²) in [4.78, 5) is 0. The first-order valence-corrected chi connectivity index (χ1v) is 3.38. The van der Waals surface area contributed by atoms with E-state index in [1.807, 2.05) is 0 Å². The molecule has 0 unspecified atom stereocenters. The number of hydrogen-bond donors (Lipinski definition) is 2. The predicted octanol–water partition coefficient (Wildman–Crippen LogP) is -2.53. The minimum absolute atomic E-state index is 0. The monoisotopic (exact) mass is 166 g/mol. The summed E-state index contributed by atoms with van der Waals surface area (Å²) < 4.78 is 23.2. The van der Waals surface area contributed by atoms with E-state index < -0.39 is 15.3 Å². The van der Waals surface area contributed by atoms with Crippen molar-refractivity contribution >= 4 is 66.7 Å². The number of rotatable bonds is 0. The second-order valence-corrected chi connectivity index (χ2v) is 1.47. The second kappa shape index (κ2) is 5.91. The Morgan fingerprint density at radius 3 is 1.40 bits per heavy atom. The average molecular weight is 166 g/mol. The van der Waals surface area contributed by atoms with Gasteiger partial charge in [-0.1, -0.05) is 0 Å². The van der Waals surface area contributed by atoms with Gasteiger partial charge in [-0.3, -0.25) is 0 Å². The van der Waals surface area contributed by atoms with Crippen LogP contribution in [0, 0.1) is 0 Å². The van der Waals surface area contributed by atoms with Gasteiger partial charge in [0.1, 0.15) is 0 Å². The molecule has 0 saturated carbocycles. The molecule has 0 aliphatic rings. The standard InChI is InChI=1S/AsH3O3.K.H/c2-1(3)4;;/h1H,(H2,2,3,4);;. The first-order valence-electron chi connectivity index (χ1n) is 0.651. The molecule has 0 aliphatic heterocycles. The predicted molar refractivity (Wildman–Crippen MR) is 19.4 cm³/mol. The van der Waals surface area contributed by atoms with Gasteiger partial charge < -0.3 is 0 Å². The summed E-state index contributed by atoms with van der Waals surface area (Å²) in [5.74, 6) is 0. The van der Waals surface area contributed by atoms with E-state index in [4.69, 9.17) is 11.9 Å². The molecule has 0 rings (SSSR count). The summed E-state index contributed by atoms with van der Waals surface area (Å²) >= 11 is -3.58. The quantitative estimate of drug-likeness (QED) is 0.390. The molecule has 28 valence electrons. The molecule has 0 aromatic carbocycles. The van der Waals surface area contributed by atoms with E-state index in [2.05, 4.69) is 0 Å². The van der Waals surface area contributed by atoms with E-state index in [9.17, 15) is 0 Å². The Kier molecular flexibility index (Phi) is 11.8. The molecular formula is H4AsKO3. The van der Waals surface area contributed by atoms with Gasteiger partial charge in [-0.25, -0.2) is 0 Å². The molecule has 0 atom stereocenters. The molecule has 2 N–H and O–H groups in total. The maximum atomic E-state index is 8.81. The SMILES string of the molecule is O=[AsH](O)O.[KH]. The van der Waals surface area contributed by atoms with Crippen LogP contribution in [0.1, 0.15) is 0 Å². The van der Waals surface area contributed by atoms with Crippen molar-refractivity contribution in [1.82, 2.24) is 0 Å². The molecule has 0 saturated heterocycles. The van der Waals surface area contributed by atoms with Crippen LogP contribution in [0.15, 0.2) is 0 Å². The van der Waals surface area contributed by atoms with Crippen molar-refractivity contribution in [2.75, 3.05) is 0 Å². The van der Waals surface area contributed by atoms with Crippen LogP contribution in [0.25, 0.3) is 0 Å². The van der Waals surface area contributed by atoms with Crippen molar-refractivity contribution in [2.24, 2.45) is 0 Å². The zero-order valence-electron chi connectivity index (χ0n) is 1.80. The summed E-state index contributed by atoms with van der Waals surface area (Å²) in [6, 6.07) is 0. The molecule has 0 spiro atoms. The maximum absolute atomic E-state index is 8.81. The first kappa shape index (κ1) is 10.0. The third kappa shape index (κ3) is 24.7. The molecule has 0 bridgehead atoms. The summed E-state index contributed by atoms with van der Waals surface area (Å²) in [5, 5.41) is 0. The van der Waals surface area contributed by atoms with Crippen LogP contribution in [-0.2, 0) is 3.74 Å². The summed E-state index contributed by atoms with van der Waals surface area (Å²) in [7, 11) is 0. The van der Waals surface area contributed by atoms with Crippen LogP contribution in [0.3, 0.4) is 0 Å². The van der Waals surface area contributed by atoms with Gasteiger partial charge >= 0.3 is 78.6 Å². The molecular weight excluding hydrogens is 162 g/mol. The Morgan fingerprint density at radius 2 is 1.40 bits per heavy atom. The van der Waals surface area contributed by atoms with E-state index in [1.54, 1.807) is 0 Å². The molecule has 0 aromatic heterocycles. The fourth-order valence-corrected chi connectivity index (χ4v) is 0. The van der Waals surface area contributed by atoms with Crippen LogP contribution < -0.4 is 0 Å². The van der Waals surface area contributed by atoms with E-state index in [0.717, 1.165) is 0 Å². The average Bonchev–Trinajstić information content (AvgIpc) is 0.811. The molecule has 0 aromatic rings. The molecule has 0 fully saturated rings. The topological polar surface area (TPSA) is 57.5 Å². The van der Waals surface area contributed by atoms with Crippen LogP contribution >= 0.6 is 0 Å². The van der Waals surface area contributed by atoms with Gasteiger partial charge in [0.2, 0.25) is 0 Å². The van der Waals surface area contributed by atoms with Crippen molar-refractivity contribution in [2.45, 2.75) is 0 Å². The fourth-order valence-electron chi connectivity index (χ4n) is 0.